The average molecular weight is 172 g/mol. The highest BCUT2D eigenvalue weighted by molar-refractivity contribution is 5.66. The molecule has 3 heteroatoms. The molecule has 0 atom stereocenters. The van der Waals surface area contributed by atoms with Crippen LogP contribution in [0.1, 0.15) is 8.30 Å². The van der Waals surface area contributed by atoms with Crippen LogP contribution >= 0.6 is 0 Å². The molecule has 1 N–H and O–H groups in total. The Morgan fingerprint density at radius 1 is 1.46 bits per heavy atom. The zero-order valence-electron chi connectivity index (χ0n) is 8.59. The van der Waals surface area contributed by atoms with Crippen molar-refractivity contribution in [1.29, 1.82) is 10.7 Å². The summed E-state index contributed by atoms with van der Waals surface area (Å²) in [5, 5.41) is 16.2. The Bertz CT molecular complexity index is 598. The third-order valence-electron chi connectivity index (χ3n) is 1.69. The molecule has 0 unspecified atom stereocenters. The topological polar surface area (TPSA) is 60.8 Å². The molecule has 1 heterocycles. The highest BCUT2D eigenvalue weighted by Crippen LogP contribution is 2.21. The van der Waals surface area contributed by atoms with Gasteiger partial charge >= 0.3 is 0 Å². The van der Waals surface area contributed by atoms with Gasteiger partial charge in [0.1, 0.15) is 17.4 Å². The van der Waals surface area contributed by atoms with Gasteiger partial charge in [0.15, 0.2) is 0 Å². The van der Waals surface area contributed by atoms with Gasteiger partial charge in [-0.25, -0.2) is 0 Å². The van der Waals surface area contributed by atoms with Crippen LogP contribution in [0.25, 0.3) is 11.3 Å². The first-order valence-electron chi connectivity index (χ1n) is 4.61. The van der Waals surface area contributed by atoms with Crippen LogP contribution in [0, 0.1) is 16.7 Å². The van der Waals surface area contributed by atoms with Crippen LogP contribution in [0.15, 0.2) is 34.7 Å². The second-order valence-corrected chi connectivity index (χ2v) is 2.46. The minimum Gasteiger partial charge on any atom is -0.438 e. The molecule has 0 aromatic rings. The second kappa shape index (κ2) is 2.76. The van der Waals surface area contributed by atoms with E-state index in [1.54, 1.807) is 0 Å². The second-order valence-electron chi connectivity index (χ2n) is 2.46. The summed E-state index contributed by atoms with van der Waals surface area (Å²) < 4.78 is 20.0. The van der Waals surface area contributed by atoms with E-state index in [1.807, 2.05) is 6.07 Å². The summed E-state index contributed by atoms with van der Waals surface area (Å²) in [5.41, 5.74) is 0.289. The van der Waals surface area contributed by atoms with Gasteiger partial charge in [-0.2, -0.15) is 5.26 Å². The van der Waals surface area contributed by atoms with Crippen molar-refractivity contribution in [2.24, 2.45) is 0 Å². The van der Waals surface area contributed by atoms with Crippen molar-refractivity contribution >= 4 is 0 Å². The Labute approximate surface area is 77.5 Å². The van der Waals surface area contributed by atoms with Gasteiger partial charge in [0, 0.05) is 5.56 Å². The minimum absolute atomic E-state index is 0.106. The standard InChI is InChI=1S/C10H6N2O/c11-6-8-7-4-2-1-3-5-9(7)13-10(8)12/h1-5,12H/i2D,3D. The lowest BCUT2D eigenvalue weighted by Crippen LogP contribution is -1.95. The molecule has 2 aliphatic rings. The zero-order valence-corrected chi connectivity index (χ0v) is 6.59. The predicted octanol–water partition coefficient (Wildman–Crippen LogP) is 1.74. The van der Waals surface area contributed by atoms with E-state index < -0.39 is 0 Å². The summed E-state index contributed by atoms with van der Waals surface area (Å²) >= 11 is 0. The fraction of sp³-hybridized carbons (Fsp3) is 0. The monoisotopic (exact) mass is 172 g/mol. The largest absolute Gasteiger partial charge is 0.438 e. The molecule has 13 heavy (non-hydrogen) atoms. The molecule has 0 saturated carbocycles. The smallest absolute Gasteiger partial charge is 0.230 e. The third kappa shape index (κ3) is 1.09. The molecule has 3 nitrogen and oxygen atoms in total. The highest BCUT2D eigenvalue weighted by Gasteiger charge is 2.12. The molecule has 2 rings (SSSR count). The molecule has 0 spiro atoms. The number of nitrogens with one attached hydrogen (secondary N) is 1. The Kier molecular flexibility index (Phi) is 1.18. The zero-order chi connectivity index (χ0) is 11.0. The lowest BCUT2D eigenvalue weighted by molar-refractivity contribution is 0.518. The number of fused-ring (bicyclic) bond motifs is 1. The highest BCUT2D eigenvalue weighted by atomic mass is 16.3. The first kappa shape index (κ1) is 5.55. The average Bonchev–Trinajstić information content (AvgIpc) is 2.33. The number of nitriles is 1. The molecule has 0 saturated heterocycles. The molecular formula is C10H6N2O. The van der Waals surface area contributed by atoms with Crippen molar-refractivity contribution < 1.29 is 7.16 Å². The van der Waals surface area contributed by atoms with Gasteiger partial charge in [0.05, 0.1) is 2.74 Å². The minimum atomic E-state index is -0.225. The van der Waals surface area contributed by atoms with Crippen molar-refractivity contribution in [2.75, 3.05) is 0 Å². The van der Waals surface area contributed by atoms with E-state index in [0.717, 1.165) is 0 Å². The summed E-state index contributed by atoms with van der Waals surface area (Å²) in [6.07, 6.45) is 0. The van der Waals surface area contributed by atoms with Gasteiger partial charge in [0.2, 0.25) is 5.55 Å². The lowest BCUT2D eigenvalue weighted by Gasteiger charge is -1.85. The summed E-state index contributed by atoms with van der Waals surface area (Å²) in [4.78, 5) is 0. The maximum atomic E-state index is 8.81. The van der Waals surface area contributed by atoms with Crippen molar-refractivity contribution in [2.45, 2.75) is 0 Å². The van der Waals surface area contributed by atoms with Gasteiger partial charge in [-0.3, -0.25) is 5.41 Å². The van der Waals surface area contributed by atoms with Crippen molar-refractivity contribution in [1.82, 2.24) is 0 Å². The molecule has 0 fully saturated rings. The van der Waals surface area contributed by atoms with Gasteiger partial charge in [0.25, 0.3) is 0 Å². The summed E-state index contributed by atoms with van der Waals surface area (Å²) in [7, 11) is 0. The van der Waals surface area contributed by atoms with Crippen LogP contribution in [0.4, 0.5) is 0 Å². The number of hydrogen-bond donors (Lipinski definition) is 1. The quantitative estimate of drug-likeness (QED) is 0.657. The Hall–Kier alpha value is -2.08. The van der Waals surface area contributed by atoms with Crippen molar-refractivity contribution in [3.05, 3.63) is 41.4 Å². The maximum Gasteiger partial charge on any atom is 0.230 e. The normalized spacial score (nSPS) is 11.9. The molecular weight excluding hydrogens is 164 g/mol. The van der Waals surface area contributed by atoms with Crippen molar-refractivity contribution in [3.8, 4) is 17.4 Å². The third-order valence-corrected chi connectivity index (χ3v) is 1.69. The summed E-state index contributed by atoms with van der Waals surface area (Å²) in [6.45, 7) is 0. The Balaban J connectivity index is 2.91. The molecule has 0 aromatic heterocycles. The Morgan fingerprint density at radius 3 is 3.00 bits per heavy atom. The Morgan fingerprint density at radius 2 is 2.23 bits per heavy atom. The van der Waals surface area contributed by atoms with E-state index in [0.29, 0.717) is 11.3 Å². The fourth-order valence-electron chi connectivity index (χ4n) is 1.11. The van der Waals surface area contributed by atoms with Crippen LogP contribution in [0.5, 0.6) is 0 Å². The van der Waals surface area contributed by atoms with Crippen LogP contribution in [-0.2, 0) is 0 Å². The van der Waals surface area contributed by atoms with E-state index >= 15 is 0 Å². The van der Waals surface area contributed by atoms with E-state index in [-0.39, 0.29) is 23.2 Å². The SMILES string of the molecule is [2H]c1cc([2H])cc2c(C#N)c(=N)oc-2c1. The molecule has 0 bridgehead atoms. The van der Waals surface area contributed by atoms with Crippen LogP contribution < -0.4 is 5.55 Å². The summed E-state index contributed by atoms with van der Waals surface area (Å²) in [5.74, 6) is 0.292. The lowest BCUT2D eigenvalue weighted by atomic mass is 10.1. The predicted molar refractivity (Wildman–Crippen MR) is 45.9 cm³/mol. The molecule has 1 aliphatic heterocycles. The first-order chi connectivity index (χ1) is 7.11. The van der Waals surface area contributed by atoms with Crippen LogP contribution in [-0.4, -0.2) is 0 Å². The van der Waals surface area contributed by atoms with E-state index in [9.17, 15) is 0 Å². The van der Waals surface area contributed by atoms with E-state index in [1.165, 1.54) is 18.2 Å². The number of hydrogen-bond acceptors (Lipinski definition) is 3. The number of rotatable bonds is 0. The molecule has 62 valence electrons. The first-order valence-corrected chi connectivity index (χ1v) is 3.61. The molecule has 0 amide bonds. The maximum absolute atomic E-state index is 8.81. The molecule has 0 aromatic carbocycles. The molecule has 1 aliphatic carbocycles. The number of nitrogens with zero attached hydrogens (tertiary/aromatic N) is 1. The molecule has 0 radical (unpaired) electrons. The van der Waals surface area contributed by atoms with Gasteiger partial charge in [-0.05, 0) is 12.1 Å². The fourth-order valence-corrected chi connectivity index (χ4v) is 1.11. The van der Waals surface area contributed by atoms with E-state index in [4.69, 9.17) is 17.8 Å². The van der Waals surface area contributed by atoms with E-state index in [2.05, 4.69) is 0 Å². The summed E-state index contributed by atoms with van der Waals surface area (Å²) in [6, 6.07) is 6.26. The van der Waals surface area contributed by atoms with Gasteiger partial charge in [-0.15, -0.1) is 0 Å². The van der Waals surface area contributed by atoms with Gasteiger partial charge < -0.3 is 4.42 Å². The van der Waals surface area contributed by atoms with Crippen LogP contribution in [0.3, 0.4) is 0 Å². The van der Waals surface area contributed by atoms with Crippen LogP contribution in [0.2, 0.25) is 0 Å². The number of furan rings is 1. The van der Waals surface area contributed by atoms with Crippen molar-refractivity contribution in [3.63, 3.8) is 0 Å². The van der Waals surface area contributed by atoms with Gasteiger partial charge in [-0.1, -0.05) is 18.2 Å².